The Hall–Kier alpha value is -3.77. The van der Waals surface area contributed by atoms with Gasteiger partial charge in [-0.15, -0.1) is 0 Å². The van der Waals surface area contributed by atoms with Gasteiger partial charge in [0.2, 0.25) is 5.75 Å². The number of phenolic OH excluding ortho intramolecular Hbond substituents is 1. The minimum absolute atomic E-state index is 0.0166. The summed E-state index contributed by atoms with van der Waals surface area (Å²) in [6.07, 6.45) is 0. The second-order valence-corrected chi connectivity index (χ2v) is 7.37. The van der Waals surface area contributed by atoms with E-state index in [0.717, 1.165) is 17.9 Å². The fourth-order valence-electron chi connectivity index (χ4n) is 3.22. The van der Waals surface area contributed by atoms with Gasteiger partial charge in [-0.25, -0.2) is 4.79 Å². The Labute approximate surface area is 179 Å². The Morgan fingerprint density at radius 3 is 2.39 bits per heavy atom. The average molecular weight is 417 g/mol. The normalized spacial score (nSPS) is 11.1. The minimum Gasteiger partial charge on any atom is -0.508 e. The van der Waals surface area contributed by atoms with Crippen LogP contribution in [0.1, 0.15) is 0 Å². The van der Waals surface area contributed by atoms with E-state index in [-0.39, 0.29) is 17.1 Å². The number of phenols is 1. The van der Waals surface area contributed by atoms with Gasteiger partial charge in [-0.2, -0.15) is 0 Å². The number of ether oxygens (including phenoxy) is 2. The second kappa shape index (κ2) is 8.93. The molecule has 1 heterocycles. The van der Waals surface area contributed by atoms with Gasteiger partial charge in [-0.05, 0) is 56.1 Å². The first kappa shape index (κ1) is 20.5. The number of hydrogen-bond donors (Lipinski definition) is 1. The molecule has 6 heteroatoms. The lowest BCUT2D eigenvalue weighted by Gasteiger charge is -2.14. The predicted molar refractivity (Wildman–Crippen MR) is 120 cm³/mol. The molecule has 4 aromatic rings. The van der Waals surface area contributed by atoms with Crippen molar-refractivity contribution in [3.8, 4) is 34.1 Å². The van der Waals surface area contributed by atoms with E-state index in [9.17, 15) is 9.90 Å². The molecule has 6 nitrogen and oxygen atoms in total. The number of likely N-dealkylation sites (N-methyl/N-ethyl adjacent to an activating group) is 1. The second-order valence-electron chi connectivity index (χ2n) is 7.37. The van der Waals surface area contributed by atoms with Crippen molar-refractivity contribution in [1.82, 2.24) is 4.90 Å². The molecule has 0 aliphatic carbocycles. The molecule has 4 rings (SSSR count). The number of hydrogen-bond acceptors (Lipinski definition) is 6. The molecule has 31 heavy (non-hydrogen) atoms. The molecule has 0 radical (unpaired) electrons. The number of para-hydroxylation sites is 1. The molecule has 0 bridgehead atoms. The summed E-state index contributed by atoms with van der Waals surface area (Å²) < 4.78 is 17.2. The van der Waals surface area contributed by atoms with Crippen LogP contribution in [0.5, 0.6) is 23.0 Å². The molecule has 1 aromatic heterocycles. The third-order valence-electron chi connectivity index (χ3n) is 4.76. The highest BCUT2D eigenvalue weighted by Gasteiger charge is 2.19. The van der Waals surface area contributed by atoms with Crippen LogP contribution in [-0.2, 0) is 0 Å². The van der Waals surface area contributed by atoms with E-state index in [0.29, 0.717) is 23.3 Å². The van der Waals surface area contributed by atoms with Gasteiger partial charge in [0.05, 0.1) is 0 Å². The Balaban J connectivity index is 1.79. The van der Waals surface area contributed by atoms with Crippen LogP contribution in [0.25, 0.3) is 22.1 Å². The Morgan fingerprint density at radius 2 is 1.68 bits per heavy atom. The zero-order valence-electron chi connectivity index (χ0n) is 17.4. The fraction of sp³-hybridized carbons (Fsp3) is 0.160. The monoisotopic (exact) mass is 417 g/mol. The molecule has 0 atom stereocenters. The summed E-state index contributed by atoms with van der Waals surface area (Å²) >= 11 is 0. The van der Waals surface area contributed by atoms with Crippen molar-refractivity contribution in [3.05, 3.63) is 83.2 Å². The van der Waals surface area contributed by atoms with E-state index in [2.05, 4.69) is 0 Å². The van der Waals surface area contributed by atoms with Crippen molar-refractivity contribution in [1.29, 1.82) is 0 Å². The van der Waals surface area contributed by atoms with E-state index in [4.69, 9.17) is 13.9 Å². The summed E-state index contributed by atoms with van der Waals surface area (Å²) in [4.78, 5) is 14.9. The quantitative estimate of drug-likeness (QED) is 0.431. The third-order valence-corrected chi connectivity index (χ3v) is 4.76. The molecule has 158 valence electrons. The van der Waals surface area contributed by atoms with Crippen LogP contribution in [0.15, 0.2) is 82.0 Å². The van der Waals surface area contributed by atoms with Crippen LogP contribution in [0.3, 0.4) is 0 Å². The molecule has 0 saturated heterocycles. The molecule has 0 unspecified atom stereocenters. The van der Waals surface area contributed by atoms with E-state index in [1.807, 2.05) is 61.5 Å². The molecule has 0 amide bonds. The van der Waals surface area contributed by atoms with Crippen molar-refractivity contribution in [2.45, 2.75) is 0 Å². The van der Waals surface area contributed by atoms with Gasteiger partial charge in [0.1, 0.15) is 29.4 Å². The molecular weight excluding hydrogens is 394 g/mol. The summed E-state index contributed by atoms with van der Waals surface area (Å²) in [7, 11) is 3.98. The molecule has 0 aliphatic rings. The van der Waals surface area contributed by atoms with Crippen LogP contribution in [-0.4, -0.2) is 37.3 Å². The van der Waals surface area contributed by atoms with E-state index in [1.54, 1.807) is 24.3 Å². The molecule has 0 spiro atoms. The number of rotatable bonds is 7. The van der Waals surface area contributed by atoms with Crippen LogP contribution in [0.4, 0.5) is 0 Å². The summed E-state index contributed by atoms with van der Waals surface area (Å²) in [5.74, 6) is 1.37. The zero-order valence-corrected chi connectivity index (χ0v) is 17.4. The van der Waals surface area contributed by atoms with Crippen molar-refractivity contribution < 1.29 is 19.0 Å². The van der Waals surface area contributed by atoms with Gasteiger partial charge in [0, 0.05) is 23.6 Å². The largest absolute Gasteiger partial charge is 0.508 e. The van der Waals surface area contributed by atoms with E-state index in [1.165, 1.54) is 6.07 Å². The number of fused-ring (bicyclic) bond motifs is 1. The smallest absolute Gasteiger partial charge is 0.380 e. The van der Waals surface area contributed by atoms with Gasteiger partial charge in [-0.3, -0.25) is 0 Å². The summed E-state index contributed by atoms with van der Waals surface area (Å²) in [5, 5.41) is 10.5. The molecule has 0 fully saturated rings. The van der Waals surface area contributed by atoms with Crippen LogP contribution >= 0.6 is 0 Å². The fourth-order valence-corrected chi connectivity index (χ4v) is 3.22. The molecule has 1 N–H and O–H groups in total. The average Bonchev–Trinajstić information content (AvgIpc) is 2.75. The lowest BCUT2D eigenvalue weighted by atomic mass is 10.0. The first-order chi connectivity index (χ1) is 15.0. The van der Waals surface area contributed by atoms with Gasteiger partial charge in [0.15, 0.2) is 0 Å². The maximum Gasteiger partial charge on any atom is 0.380 e. The number of nitrogens with zero attached hydrogens (tertiary/aromatic N) is 1. The summed E-state index contributed by atoms with van der Waals surface area (Å²) in [6, 6.07) is 21.2. The summed E-state index contributed by atoms with van der Waals surface area (Å²) in [6.45, 7) is 1.39. The summed E-state index contributed by atoms with van der Waals surface area (Å²) in [5.41, 5.74) is 1.03. The van der Waals surface area contributed by atoms with Crippen LogP contribution in [0.2, 0.25) is 0 Å². The standard InChI is InChI=1S/C25H23NO5/c1-26(2)14-15-29-19-11-8-17(9-12-19)23-21-13-10-18(27)16-22(21)31-25(28)24(23)30-20-6-4-3-5-7-20/h3-13,16,27H,14-15H2,1-2H3. The Bertz CT molecular complexity index is 1230. The van der Waals surface area contributed by atoms with Crippen LogP contribution < -0.4 is 15.1 Å². The van der Waals surface area contributed by atoms with Crippen molar-refractivity contribution in [2.24, 2.45) is 0 Å². The number of benzene rings is 3. The first-order valence-electron chi connectivity index (χ1n) is 9.92. The third kappa shape index (κ3) is 4.70. The molecule has 3 aromatic carbocycles. The Morgan fingerprint density at radius 1 is 0.935 bits per heavy atom. The molecular formula is C25H23NO5. The highest BCUT2D eigenvalue weighted by Crippen LogP contribution is 2.38. The van der Waals surface area contributed by atoms with Gasteiger partial charge in [0.25, 0.3) is 0 Å². The highest BCUT2D eigenvalue weighted by atomic mass is 16.5. The maximum atomic E-state index is 12.8. The SMILES string of the molecule is CN(C)CCOc1ccc(-c2c(Oc3ccccc3)c(=O)oc3cc(O)ccc23)cc1. The van der Waals surface area contributed by atoms with Gasteiger partial charge < -0.3 is 23.9 Å². The van der Waals surface area contributed by atoms with Crippen molar-refractivity contribution in [3.63, 3.8) is 0 Å². The van der Waals surface area contributed by atoms with E-state index >= 15 is 0 Å². The maximum absolute atomic E-state index is 12.8. The van der Waals surface area contributed by atoms with Gasteiger partial charge in [-0.1, -0.05) is 30.3 Å². The van der Waals surface area contributed by atoms with Crippen molar-refractivity contribution in [2.75, 3.05) is 27.2 Å². The van der Waals surface area contributed by atoms with Crippen LogP contribution in [0, 0.1) is 0 Å². The van der Waals surface area contributed by atoms with Crippen molar-refractivity contribution >= 4 is 11.0 Å². The topological polar surface area (TPSA) is 72.1 Å². The minimum atomic E-state index is -0.622. The van der Waals surface area contributed by atoms with E-state index < -0.39 is 5.63 Å². The Kier molecular flexibility index (Phi) is 5.91. The molecule has 0 saturated carbocycles. The van der Waals surface area contributed by atoms with Gasteiger partial charge >= 0.3 is 5.63 Å². The lowest BCUT2D eigenvalue weighted by molar-refractivity contribution is 0.261. The number of aromatic hydroxyl groups is 1. The zero-order chi connectivity index (χ0) is 21.8. The molecule has 0 aliphatic heterocycles. The first-order valence-corrected chi connectivity index (χ1v) is 9.92. The predicted octanol–water partition coefficient (Wildman–Crippen LogP) is 4.90. The highest BCUT2D eigenvalue weighted by molar-refractivity contribution is 5.97. The lowest BCUT2D eigenvalue weighted by Crippen LogP contribution is -2.19.